The minimum Gasteiger partial charge on any atom is -0.305 e. The van der Waals surface area contributed by atoms with Gasteiger partial charge in [0.25, 0.3) is 0 Å². The minimum absolute atomic E-state index is 0.115. The molecule has 1 rings (SSSR count). The zero-order valence-electron chi connectivity index (χ0n) is 16.3. The van der Waals surface area contributed by atoms with Crippen LogP contribution in [0.4, 0.5) is 0 Å². The zero-order chi connectivity index (χ0) is 18.8. The number of hydrogen-bond donors (Lipinski definition) is 1. The van der Waals surface area contributed by atoms with Crippen LogP contribution in [-0.2, 0) is 0 Å². The Morgan fingerprint density at radius 2 is 2.04 bits per heavy atom. The number of hydrogen-bond acceptors (Lipinski definition) is 3. The van der Waals surface area contributed by atoms with E-state index in [1.165, 1.54) is 5.57 Å². The topological polar surface area (TPSA) is 49.1 Å². The van der Waals surface area contributed by atoms with Gasteiger partial charge in [0.05, 0.1) is 11.7 Å². The molecule has 0 aliphatic rings. The van der Waals surface area contributed by atoms with E-state index in [-0.39, 0.29) is 6.04 Å². The Labute approximate surface area is 152 Å². The normalized spacial score (nSPS) is 12.1. The summed E-state index contributed by atoms with van der Waals surface area (Å²) < 4.78 is 0. The van der Waals surface area contributed by atoms with Gasteiger partial charge < -0.3 is 5.41 Å². The summed E-state index contributed by atoms with van der Waals surface area (Å²) in [5, 5.41) is 7.80. The predicted molar refractivity (Wildman–Crippen MR) is 110 cm³/mol. The van der Waals surface area contributed by atoms with Crippen LogP contribution in [-0.4, -0.2) is 23.0 Å². The van der Waals surface area contributed by atoms with Crippen LogP contribution in [0.3, 0.4) is 0 Å². The molecule has 25 heavy (non-hydrogen) atoms. The SMILES string of the molecule is CCC#C/C=C\C(CC)N=CC(=C(C)C)c1cc(C)c(C(C)=N)cn1. The molecule has 132 valence electrons. The van der Waals surface area contributed by atoms with Crippen molar-refractivity contribution in [2.45, 2.75) is 60.4 Å². The van der Waals surface area contributed by atoms with Crippen LogP contribution >= 0.6 is 0 Å². The molecular weight excluding hydrogens is 306 g/mol. The third-order valence-corrected chi connectivity index (χ3v) is 3.82. The zero-order valence-corrected chi connectivity index (χ0v) is 16.3. The van der Waals surface area contributed by atoms with Crippen molar-refractivity contribution in [1.29, 1.82) is 5.41 Å². The number of nitrogens with one attached hydrogen (secondary N) is 1. The lowest BCUT2D eigenvalue weighted by atomic mass is 10.0. The maximum Gasteiger partial charge on any atom is 0.0719 e. The molecule has 0 spiro atoms. The number of aryl methyl sites for hydroxylation is 1. The van der Waals surface area contributed by atoms with Gasteiger partial charge in [0, 0.05) is 35.7 Å². The Bertz CT molecular complexity index is 751. The van der Waals surface area contributed by atoms with Crippen molar-refractivity contribution >= 4 is 17.5 Å². The predicted octanol–water partition coefficient (Wildman–Crippen LogP) is 5.39. The second-order valence-corrected chi connectivity index (χ2v) is 6.21. The van der Waals surface area contributed by atoms with Gasteiger partial charge in [-0.1, -0.05) is 37.3 Å². The van der Waals surface area contributed by atoms with E-state index in [2.05, 4.69) is 37.6 Å². The number of aliphatic imine (C=N–C) groups is 1. The highest BCUT2D eigenvalue weighted by molar-refractivity contribution is 6.10. The molecule has 1 N–H and O–H groups in total. The molecule has 0 aliphatic heterocycles. The molecule has 0 bridgehead atoms. The number of pyridine rings is 1. The summed E-state index contributed by atoms with van der Waals surface area (Å²) in [6, 6.07) is 2.15. The largest absolute Gasteiger partial charge is 0.305 e. The van der Waals surface area contributed by atoms with Crippen molar-refractivity contribution in [3.8, 4) is 11.8 Å². The lowest BCUT2D eigenvalue weighted by Gasteiger charge is -2.10. The van der Waals surface area contributed by atoms with Crippen molar-refractivity contribution in [1.82, 2.24) is 4.98 Å². The van der Waals surface area contributed by atoms with Crippen molar-refractivity contribution in [3.05, 3.63) is 46.8 Å². The van der Waals surface area contributed by atoms with E-state index < -0.39 is 0 Å². The van der Waals surface area contributed by atoms with Gasteiger partial charge in [-0.3, -0.25) is 9.98 Å². The number of rotatable bonds is 6. The summed E-state index contributed by atoms with van der Waals surface area (Å²) in [7, 11) is 0. The summed E-state index contributed by atoms with van der Waals surface area (Å²) in [4.78, 5) is 9.25. The fourth-order valence-electron chi connectivity index (χ4n) is 2.33. The van der Waals surface area contributed by atoms with E-state index in [4.69, 9.17) is 10.4 Å². The van der Waals surface area contributed by atoms with Gasteiger partial charge >= 0.3 is 0 Å². The standard InChI is InChI=1S/C22H29N3/c1-7-9-10-11-12-19(8-2)24-14-20(16(3)4)22-13-17(5)21(15-25-22)18(6)23/h11-15,19,23H,7-8H2,1-6H3/b12-11-,23-18?,24-14?. The Balaban J connectivity index is 3.09. The number of aromatic nitrogens is 1. The lowest BCUT2D eigenvalue weighted by Crippen LogP contribution is -2.03. The summed E-state index contributed by atoms with van der Waals surface area (Å²) in [6.07, 6.45) is 9.42. The highest BCUT2D eigenvalue weighted by atomic mass is 14.8. The molecule has 3 heteroatoms. The second kappa shape index (κ2) is 10.4. The van der Waals surface area contributed by atoms with E-state index in [1.54, 1.807) is 13.1 Å². The molecule has 1 aromatic rings. The van der Waals surface area contributed by atoms with Crippen molar-refractivity contribution in [3.63, 3.8) is 0 Å². The quantitative estimate of drug-likeness (QED) is 0.550. The molecule has 0 fully saturated rings. The lowest BCUT2D eigenvalue weighted by molar-refractivity contribution is 0.789. The van der Waals surface area contributed by atoms with Gasteiger partial charge in [0.15, 0.2) is 0 Å². The summed E-state index contributed by atoms with van der Waals surface area (Å²) in [5.74, 6) is 6.05. The smallest absolute Gasteiger partial charge is 0.0719 e. The van der Waals surface area contributed by atoms with Crippen molar-refractivity contribution in [2.75, 3.05) is 0 Å². The third-order valence-electron chi connectivity index (χ3n) is 3.82. The molecule has 3 nitrogen and oxygen atoms in total. The van der Waals surface area contributed by atoms with Gasteiger partial charge in [-0.15, -0.1) is 0 Å². The summed E-state index contributed by atoms with van der Waals surface area (Å²) >= 11 is 0. The Morgan fingerprint density at radius 3 is 2.56 bits per heavy atom. The molecular formula is C22H29N3. The van der Waals surface area contributed by atoms with Crippen molar-refractivity contribution < 1.29 is 0 Å². The first-order chi connectivity index (χ1) is 11.9. The van der Waals surface area contributed by atoms with Gasteiger partial charge in [-0.2, -0.15) is 0 Å². The Kier molecular flexibility index (Phi) is 8.56. The maximum atomic E-state index is 7.80. The van der Waals surface area contributed by atoms with Gasteiger partial charge in [-0.25, -0.2) is 0 Å². The summed E-state index contributed by atoms with van der Waals surface area (Å²) in [6.45, 7) is 12.1. The molecule has 0 aromatic carbocycles. The van der Waals surface area contributed by atoms with Gasteiger partial charge in [0.1, 0.15) is 0 Å². The highest BCUT2D eigenvalue weighted by Crippen LogP contribution is 2.18. The minimum atomic E-state index is 0.115. The Morgan fingerprint density at radius 1 is 1.32 bits per heavy atom. The number of nitrogens with zero attached hydrogens (tertiary/aromatic N) is 2. The average Bonchev–Trinajstić information content (AvgIpc) is 2.56. The van der Waals surface area contributed by atoms with Gasteiger partial charge in [0.2, 0.25) is 0 Å². The van der Waals surface area contributed by atoms with Crippen LogP contribution in [0.2, 0.25) is 0 Å². The molecule has 1 atom stereocenters. The van der Waals surface area contributed by atoms with Crippen LogP contribution in [0.25, 0.3) is 5.57 Å². The molecule has 1 aromatic heterocycles. The van der Waals surface area contributed by atoms with E-state index in [1.807, 2.05) is 38.3 Å². The van der Waals surface area contributed by atoms with Crippen LogP contribution in [0, 0.1) is 24.2 Å². The molecule has 1 heterocycles. The Hall–Kier alpha value is -2.47. The fraction of sp³-hybridized carbons (Fsp3) is 0.409. The fourth-order valence-corrected chi connectivity index (χ4v) is 2.33. The maximum absolute atomic E-state index is 7.80. The molecule has 0 saturated heterocycles. The van der Waals surface area contributed by atoms with Crippen LogP contribution in [0.1, 0.15) is 64.3 Å². The van der Waals surface area contributed by atoms with Crippen molar-refractivity contribution in [2.24, 2.45) is 4.99 Å². The van der Waals surface area contributed by atoms with E-state index in [0.29, 0.717) is 5.71 Å². The van der Waals surface area contributed by atoms with Crippen LogP contribution in [0.5, 0.6) is 0 Å². The first-order valence-electron chi connectivity index (χ1n) is 8.78. The second-order valence-electron chi connectivity index (χ2n) is 6.21. The third kappa shape index (κ3) is 6.51. The summed E-state index contributed by atoms with van der Waals surface area (Å²) in [5.41, 5.74) is 5.58. The molecule has 0 saturated carbocycles. The highest BCUT2D eigenvalue weighted by Gasteiger charge is 2.08. The molecule has 0 aliphatic carbocycles. The molecule has 0 amide bonds. The monoisotopic (exact) mass is 335 g/mol. The van der Waals surface area contributed by atoms with Crippen LogP contribution < -0.4 is 0 Å². The first-order valence-corrected chi connectivity index (χ1v) is 8.78. The van der Waals surface area contributed by atoms with Crippen LogP contribution in [0.15, 0.2) is 35.0 Å². The van der Waals surface area contributed by atoms with E-state index in [0.717, 1.165) is 35.2 Å². The van der Waals surface area contributed by atoms with E-state index >= 15 is 0 Å². The average molecular weight is 335 g/mol. The van der Waals surface area contributed by atoms with E-state index in [9.17, 15) is 0 Å². The molecule has 0 radical (unpaired) electrons. The molecule has 1 unspecified atom stereocenters. The van der Waals surface area contributed by atoms with Gasteiger partial charge in [-0.05, 0) is 51.8 Å². The number of allylic oxidation sites excluding steroid dienone is 3. The first kappa shape index (κ1) is 20.6.